The fourth-order valence-corrected chi connectivity index (χ4v) is 9.76. The van der Waals surface area contributed by atoms with Gasteiger partial charge >= 0.3 is 0 Å². The molecule has 0 amide bonds. The molecule has 0 saturated carbocycles. The van der Waals surface area contributed by atoms with Crippen molar-refractivity contribution in [3.8, 4) is 0 Å². The molecule has 1 aromatic carbocycles. The molecule has 2 nitrogen and oxygen atoms in total. The Hall–Kier alpha value is -0.320. The first-order valence-electron chi connectivity index (χ1n) is 9.66. The van der Waals surface area contributed by atoms with Gasteiger partial charge in [0.15, 0.2) is 0 Å². The predicted molar refractivity (Wildman–Crippen MR) is 127 cm³/mol. The molecule has 0 heterocycles. The number of anilines is 2. The highest BCUT2D eigenvalue weighted by atomic mass is 31.1. The van der Waals surface area contributed by atoms with E-state index in [4.69, 9.17) is 0 Å². The largest absolute Gasteiger partial charge is 0.363 e. The average molecular weight is 397 g/mol. The molecule has 0 unspecified atom stereocenters. The molecule has 0 radical (unpaired) electrons. The van der Waals surface area contributed by atoms with Crippen LogP contribution in [0.25, 0.3) is 0 Å². The minimum atomic E-state index is -0.369. The van der Waals surface area contributed by atoms with Crippen molar-refractivity contribution in [3.05, 3.63) is 24.3 Å². The summed E-state index contributed by atoms with van der Waals surface area (Å²) in [6.07, 6.45) is 0. The van der Waals surface area contributed by atoms with E-state index in [1.165, 1.54) is 11.4 Å². The Labute approximate surface area is 165 Å². The maximum atomic E-state index is 3.88. The second kappa shape index (κ2) is 7.97. The van der Waals surface area contributed by atoms with E-state index < -0.39 is 0 Å². The molecule has 1 rings (SSSR count). The summed E-state index contributed by atoms with van der Waals surface area (Å²) < 4.78 is 0. The number of hydrogen-bond acceptors (Lipinski definition) is 2. The number of nitrogens with one attached hydrogen (secondary N) is 2. The first kappa shape index (κ1) is 23.7. The second-order valence-corrected chi connectivity index (χ2v) is 18.3. The van der Waals surface area contributed by atoms with Crippen molar-refractivity contribution < 1.29 is 0 Å². The van der Waals surface area contributed by atoms with Crippen LogP contribution in [0.2, 0.25) is 0 Å². The topological polar surface area (TPSA) is 24.1 Å². The van der Waals surface area contributed by atoms with Crippen LogP contribution in [-0.2, 0) is 0 Å². The molecule has 2 N–H and O–H groups in total. The van der Waals surface area contributed by atoms with E-state index in [-0.39, 0.29) is 36.8 Å². The Morgan fingerprint density at radius 3 is 1.04 bits per heavy atom. The van der Waals surface area contributed by atoms with Crippen LogP contribution in [-0.4, -0.2) is 20.6 Å². The molecule has 0 saturated heterocycles. The molecule has 0 spiro atoms. The van der Waals surface area contributed by atoms with Gasteiger partial charge in [0.1, 0.15) is 0 Å². The second-order valence-electron chi connectivity index (χ2n) is 11.2. The van der Waals surface area contributed by atoms with E-state index in [0.29, 0.717) is 0 Å². The van der Waals surface area contributed by atoms with Crippen molar-refractivity contribution in [2.45, 2.75) is 104 Å². The smallest absolute Gasteiger partial charge is 0.0393 e. The Morgan fingerprint density at radius 2 is 0.808 bits per heavy atom. The monoisotopic (exact) mass is 396 g/mol. The van der Waals surface area contributed by atoms with Gasteiger partial charge in [-0.2, -0.15) is 0 Å². The quantitative estimate of drug-likeness (QED) is 0.498. The first-order valence-corrected chi connectivity index (χ1v) is 12.3. The van der Waals surface area contributed by atoms with Gasteiger partial charge in [-0.15, -0.1) is 0 Å². The third kappa shape index (κ3) is 7.01. The van der Waals surface area contributed by atoms with E-state index in [1.54, 1.807) is 0 Å². The van der Waals surface area contributed by atoms with E-state index >= 15 is 0 Å². The van der Waals surface area contributed by atoms with Crippen LogP contribution in [0.5, 0.6) is 0 Å². The zero-order valence-corrected chi connectivity index (χ0v) is 21.0. The zero-order chi connectivity index (χ0) is 20.6. The van der Waals surface area contributed by atoms with Gasteiger partial charge in [0.25, 0.3) is 0 Å². The number of benzene rings is 1. The Bertz CT molecular complexity index is 507. The predicted octanol–water partition coefficient (Wildman–Crippen LogP) is 8.50. The minimum absolute atomic E-state index is 0.250. The lowest BCUT2D eigenvalue weighted by atomic mass is 10.2. The fraction of sp³-hybridized carbons (Fsp3) is 0.727. The lowest BCUT2D eigenvalue weighted by molar-refractivity contribution is 0.710. The molecule has 0 aliphatic rings. The van der Waals surface area contributed by atoms with E-state index in [2.05, 4.69) is 118 Å². The lowest BCUT2D eigenvalue weighted by Crippen LogP contribution is -2.29. The highest BCUT2D eigenvalue weighted by Crippen LogP contribution is 2.60. The Balaban J connectivity index is 3.11. The molecule has 0 atom stereocenters. The molecular formula is C22H42N2P2. The van der Waals surface area contributed by atoms with Gasteiger partial charge in [0, 0.05) is 32.0 Å². The summed E-state index contributed by atoms with van der Waals surface area (Å²) >= 11 is 0. The van der Waals surface area contributed by atoms with Gasteiger partial charge in [0.05, 0.1) is 0 Å². The normalized spacial score (nSPS) is 14.1. The van der Waals surface area contributed by atoms with Gasteiger partial charge in [0.2, 0.25) is 0 Å². The summed E-state index contributed by atoms with van der Waals surface area (Å²) in [5.41, 5.74) is 2.45. The van der Waals surface area contributed by atoms with Gasteiger partial charge in [-0.05, 0) is 34.3 Å². The molecule has 150 valence electrons. The fourth-order valence-electron chi connectivity index (χ4n) is 3.60. The van der Waals surface area contributed by atoms with Gasteiger partial charge < -0.3 is 10.2 Å². The standard InChI is InChI=1S/C22H42N2P2/c1-19(2,3)25(20(4,5)6)23-17-14-13-15-18(16-17)24-26(21(7,8)9)22(10,11)12/h13-16,23-24H,1-12H3. The summed E-state index contributed by atoms with van der Waals surface area (Å²) in [5.74, 6) is 0. The first-order chi connectivity index (χ1) is 11.4. The Kier molecular flexibility index (Phi) is 7.27. The lowest BCUT2D eigenvalue weighted by Gasteiger charge is -2.42. The van der Waals surface area contributed by atoms with Crippen molar-refractivity contribution in [1.82, 2.24) is 0 Å². The van der Waals surface area contributed by atoms with Crippen molar-refractivity contribution in [2.75, 3.05) is 10.2 Å². The number of hydrogen-bond donors (Lipinski definition) is 2. The summed E-state index contributed by atoms with van der Waals surface area (Å²) in [7, 11) is -0.739. The number of rotatable bonds is 4. The molecule has 4 heteroatoms. The van der Waals surface area contributed by atoms with E-state index in [0.717, 1.165) is 0 Å². The van der Waals surface area contributed by atoms with E-state index in [1.807, 2.05) is 0 Å². The minimum Gasteiger partial charge on any atom is -0.363 e. The van der Waals surface area contributed by atoms with Crippen molar-refractivity contribution in [2.24, 2.45) is 0 Å². The molecule has 0 aliphatic heterocycles. The van der Waals surface area contributed by atoms with Crippen LogP contribution < -0.4 is 10.2 Å². The summed E-state index contributed by atoms with van der Waals surface area (Å²) in [6.45, 7) is 28.1. The molecule has 0 aromatic heterocycles. The van der Waals surface area contributed by atoms with E-state index in [9.17, 15) is 0 Å². The summed E-state index contributed by atoms with van der Waals surface area (Å²) in [5, 5.41) is 8.77. The third-order valence-electron chi connectivity index (χ3n) is 4.03. The van der Waals surface area contributed by atoms with Crippen LogP contribution in [0.15, 0.2) is 24.3 Å². The van der Waals surface area contributed by atoms with Crippen LogP contribution in [0, 0.1) is 0 Å². The Morgan fingerprint density at radius 1 is 0.538 bits per heavy atom. The van der Waals surface area contributed by atoms with Crippen molar-refractivity contribution in [3.63, 3.8) is 0 Å². The highest BCUT2D eigenvalue weighted by Gasteiger charge is 2.36. The summed E-state index contributed by atoms with van der Waals surface area (Å²) in [4.78, 5) is 0. The molecular weight excluding hydrogens is 354 g/mol. The van der Waals surface area contributed by atoms with Crippen LogP contribution in [0.1, 0.15) is 83.1 Å². The van der Waals surface area contributed by atoms with Gasteiger partial charge in [-0.1, -0.05) is 89.2 Å². The zero-order valence-electron chi connectivity index (χ0n) is 19.2. The van der Waals surface area contributed by atoms with Crippen LogP contribution in [0.3, 0.4) is 0 Å². The summed E-state index contributed by atoms with van der Waals surface area (Å²) in [6, 6.07) is 8.87. The molecule has 1 aromatic rings. The van der Waals surface area contributed by atoms with Gasteiger partial charge in [-0.3, -0.25) is 0 Å². The molecule has 0 aliphatic carbocycles. The van der Waals surface area contributed by atoms with Crippen molar-refractivity contribution >= 4 is 27.5 Å². The highest BCUT2D eigenvalue weighted by molar-refractivity contribution is 7.62. The maximum absolute atomic E-state index is 3.88. The van der Waals surface area contributed by atoms with Gasteiger partial charge in [-0.25, -0.2) is 0 Å². The molecule has 0 bridgehead atoms. The molecule has 0 fully saturated rings. The SMILES string of the molecule is CC(C)(C)P(Nc1cccc(NP(C(C)(C)C)C(C)(C)C)c1)C(C)(C)C. The van der Waals surface area contributed by atoms with Crippen molar-refractivity contribution in [1.29, 1.82) is 0 Å². The van der Waals surface area contributed by atoms with Crippen LogP contribution >= 0.6 is 16.1 Å². The van der Waals surface area contributed by atoms with Crippen LogP contribution in [0.4, 0.5) is 11.4 Å². The average Bonchev–Trinajstić information content (AvgIpc) is 2.37. The molecule has 26 heavy (non-hydrogen) atoms. The third-order valence-corrected chi connectivity index (χ3v) is 10.4. The maximum Gasteiger partial charge on any atom is 0.0393 e.